The minimum Gasteiger partial charge on any atom is -0.497 e. The van der Waals surface area contributed by atoms with Gasteiger partial charge in [-0.2, -0.15) is 0 Å². The summed E-state index contributed by atoms with van der Waals surface area (Å²) >= 11 is 14.3. The predicted molar refractivity (Wildman–Crippen MR) is 275 cm³/mol. The van der Waals surface area contributed by atoms with Gasteiger partial charge in [0.25, 0.3) is 5.91 Å². The summed E-state index contributed by atoms with van der Waals surface area (Å²) in [6, 6.07) is 38.0. The smallest absolute Gasteiger partial charge is 0.252 e. The van der Waals surface area contributed by atoms with Crippen LogP contribution in [0.1, 0.15) is 63.9 Å². The van der Waals surface area contributed by atoms with Crippen molar-refractivity contribution in [2.75, 3.05) is 67.7 Å². The van der Waals surface area contributed by atoms with Crippen LogP contribution in [0.25, 0.3) is 0 Å². The van der Waals surface area contributed by atoms with E-state index >= 15 is 0 Å². The van der Waals surface area contributed by atoms with Crippen LogP contribution in [-0.4, -0.2) is 83.4 Å². The molecule has 0 unspecified atom stereocenters. The largest absolute Gasteiger partial charge is 0.497 e. The highest BCUT2D eigenvalue weighted by Crippen LogP contribution is 2.41. The molecule has 1 heterocycles. The minimum absolute atomic E-state index is 0.164. The van der Waals surface area contributed by atoms with Gasteiger partial charge in [0, 0.05) is 19.6 Å². The summed E-state index contributed by atoms with van der Waals surface area (Å²) in [7, 11) is 6.54. The number of benzene rings is 6. The van der Waals surface area contributed by atoms with Crippen LogP contribution < -0.4 is 43.2 Å². The first-order valence-electron chi connectivity index (χ1n) is 23.6. The van der Waals surface area contributed by atoms with Gasteiger partial charge in [-0.05, 0) is 146 Å². The second-order valence-electron chi connectivity index (χ2n) is 17.0. The van der Waals surface area contributed by atoms with Crippen molar-refractivity contribution in [2.24, 2.45) is 0 Å². The molecule has 6 aromatic carbocycles. The SMILES string of the molecule is COc1ccc(COc2ccc(C(=O)NCCCN(CCCN3CCCC3)Cc3ccc(OCc4cccc(OC)c4)c(OCc4cccc(OC)c4)c3Cl)c(Cl)c2OCc2ccc(OC)cc2)cc1. The van der Waals surface area contributed by atoms with Gasteiger partial charge in [0.2, 0.25) is 0 Å². The number of amides is 1. The lowest BCUT2D eigenvalue weighted by Crippen LogP contribution is -2.32. The highest BCUT2D eigenvalue weighted by molar-refractivity contribution is 6.35. The molecule has 370 valence electrons. The monoisotopic (exact) mass is 991 g/mol. The van der Waals surface area contributed by atoms with Gasteiger partial charge in [-0.25, -0.2) is 0 Å². The van der Waals surface area contributed by atoms with Gasteiger partial charge >= 0.3 is 0 Å². The summed E-state index contributed by atoms with van der Waals surface area (Å²) in [6.45, 7) is 6.81. The van der Waals surface area contributed by atoms with E-state index < -0.39 is 0 Å². The molecule has 0 spiro atoms. The lowest BCUT2D eigenvalue weighted by molar-refractivity contribution is 0.0950. The molecule has 6 aromatic rings. The Kier molecular flexibility index (Phi) is 19.6. The van der Waals surface area contributed by atoms with Crippen LogP contribution in [0.5, 0.6) is 46.0 Å². The summed E-state index contributed by atoms with van der Waals surface area (Å²) in [5, 5.41) is 3.75. The standard InChI is InChI=1S/C56H63Cl2N3O9/c1-63-45-20-15-40(16-21-45)36-67-51-26-24-49(53(58)55(51)69-37-41-17-22-46(64-2)23-18-41)56(62)59-27-9-30-61(32-10-31-60-28-5-6-29-60)35-44-19-25-50(68-38-42-11-7-13-47(33-42)65-3)54(52(44)57)70-39-43-12-8-14-48(34-43)66-4/h7-8,11-26,33-34H,5-6,9-10,27-32,35-39H2,1-4H3,(H,59,62). The first-order chi connectivity index (χ1) is 34.2. The quantitative estimate of drug-likeness (QED) is 0.0498. The van der Waals surface area contributed by atoms with Gasteiger partial charge in [0.05, 0.1) is 44.0 Å². The molecular formula is C56H63Cl2N3O9. The molecule has 1 aliphatic heterocycles. The van der Waals surface area contributed by atoms with E-state index in [0.717, 1.165) is 83.4 Å². The number of hydrogen-bond acceptors (Lipinski definition) is 11. The maximum atomic E-state index is 13.9. The molecule has 1 fully saturated rings. The van der Waals surface area contributed by atoms with E-state index in [1.54, 1.807) is 40.6 Å². The number of hydrogen-bond donors (Lipinski definition) is 1. The van der Waals surface area contributed by atoms with E-state index in [9.17, 15) is 4.79 Å². The topological polar surface area (TPSA) is 109 Å². The Balaban J connectivity index is 1.04. The summed E-state index contributed by atoms with van der Waals surface area (Å²) < 4.78 is 46.9. The Bertz CT molecular complexity index is 2590. The van der Waals surface area contributed by atoms with E-state index in [2.05, 4.69) is 15.1 Å². The number of likely N-dealkylation sites (tertiary alicyclic amines) is 1. The van der Waals surface area contributed by atoms with E-state index in [1.165, 1.54) is 12.8 Å². The molecule has 0 aromatic heterocycles. The van der Waals surface area contributed by atoms with Crippen LogP contribution in [0, 0.1) is 0 Å². The van der Waals surface area contributed by atoms with Gasteiger partial charge in [-0.3, -0.25) is 9.69 Å². The highest BCUT2D eigenvalue weighted by Gasteiger charge is 2.22. The summed E-state index contributed by atoms with van der Waals surface area (Å²) in [4.78, 5) is 18.8. The van der Waals surface area contributed by atoms with Crippen molar-refractivity contribution in [1.82, 2.24) is 15.1 Å². The zero-order valence-electron chi connectivity index (χ0n) is 40.5. The fraction of sp³-hybridized carbons (Fsp3) is 0.339. The van der Waals surface area contributed by atoms with Crippen molar-refractivity contribution in [1.29, 1.82) is 0 Å². The van der Waals surface area contributed by atoms with Crippen LogP contribution >= 0.6 is 23.2 Å². The summed E-state index contributed by atoms with van der Waals surface area (Å²) in [5.41, 5.74) is 4.89. The lowest BCUT2D eigenvalue weighted by atomic mass is 10.1. The molecule has 14 heteroatoms. The number of methoxy groups -OCH3 is 4. The number of nitrogens with zero attached hydrogens (tertiary/aromatic N) is 2. The first-order valence-corrected chi connectivity index (χ1v) is 24.4. The molecule has 7 rings (SSSR count). The number of halogens is 2. The second-order valence-corrected chi connectivity index (χ2v) is 17.7. The van der Waals surface area contributed by atoms with Crippen LogP contribution in [0.15, 0.2) is 121 Å². The maximum Gasteiger partial charge on any atom is 0.252 e. The Morgan fingerprint density at radius 2 is 1.06 bits per heavy atom. The Hall–Kier alpha value is -6.31. The average Bonchev–Trinajstić information content (AvgIpc) is 3.92. The van der Waals surface area contributed by atoms with Crippen molar-refractivity contribution < 1.29 is 42.7 Å². The van der Waals surface area contributed by atoms with E-state index in [-0.39, 0.29) is 42.1 Å². The zero-order valence-corrected chi connectivity index (χ0v) is 42.0. The fourth-order valence-corrected chi connectivity index (χ4v) is 8.71. The third-order valence-electron chi connectivity index (χ3n) is 12.1. The van der Waals surface area contributed by atoms with Crippen LogP contribution in [0.4, 0.5) is 0 Å². The van der Waals surface area contributed by atoms with Gasteiger partial charge in [-0.1, -0.05) is 77.8 Å². The van der Waals surface area contributed by atoms with Crippen molar-refractivity contribution in [3.63, 3.8) is 0 Å². The van der Waals surface area contributed by atoms with Crippen molar-refractivity contribution in [3.05, 3.63) is 165 Å². The molecule has 0 atom stereocenters. The minimum atomic E-state index is -0.313. The van der Waals surface area contributed by atoms with Crippen LogP contribution in [-0.2, 0) is 33.0 Å². The molecule has 12 nitrogen and oxygen atoms in total. The number of carbonyl (C=O) groups excluding carboxylic acids is 1. The van der Waals surface area contributed by atoms with Gasteiger partial charge in [0.1, 0.15) is 49.4 Å². The second kappa shape index (κ2) is 26.6. The third kappa shape index (κ3) is 14.9. The predicted octanol–water partition coefficient (Wildman–Crippen LogP) is 11.5. The van der Waals surface area contributed by atoms with Crippen molar-refractivity contribution in [3.8, 4) is 46.0 Å². The van der Waals surface area contributed by atoms with E-state index in [1.807, 2.05) is 109 Å². The molecule has 70 heavy (non-hydrogen) atoms. The number of rotatable bonds is 27. The van der Waals surface area contributed by atoms with Gasteiger partial charge < -0.3 is 48.1 Å². The van der Waals surface area contributed by atoms with Crippen molar-refractivity contribution in [2.45, 2.75) is 58.7 Å². The summed E-state index contributed by atoms with van der Waals surface area (Å²) in [5.74, 6) is 4.36. The molecular weight excluding hydrogens is 930 g/mol. The van der Waals surface area contributed by atoms with Crippen LogP contribution in [0.2, 0.25) is 10.0 Å². The van der Waals surface area contributed by atoms with Gasteiger partial charge in [0.15, 0.2) is 23.0 Å². The third-order valence-corrected chi connectivity index (χ3v) is 12.9. The molecule has 1 saturated heterocycles. The fourth-order valence-electron chi connectivity index (χ4n) is 8.15. The molecule has 0 radical (unpaired) electrons. The molecule has 1 aliphatic rings. The number of ether oxygens (including phenoxy) is 8. The van der Waals surface area contributed by atoms with E-state index in [0.29, 0.717) is 54.9 Å². The highest BCUT2D eigenvalue weighted by atomic mass is 35.5. The Morgan fingerprint density at radius 1 is 0.557 bits per heavy atom. The van der Waals surface area contributed by atoms with E-state index in [4.69, 9.17) is 61.1 Å². The first kappa shape index (κ1) is 51.5. The molecule has 0 saturated carbocycles. The summed E-state index contributed by atoms with van der Waals surface area (Å²) in [6.07, 6.45) is 4.15. The zero-order chi connectivity index (χ0) is 49.1. The molecule has 0 aliphatic carbocycles. The molecule has 1 amide bonds. The Morgan fingerprint density at radius 3 is 1.63 bits per heavy atom. The van der Waals surface area contributed by atoms with Crippen molar-refractivity contribution >= 4 is 29.1 Å². The lowest BCUT2D eigenvalue weighted by Gasteiger charge is -2.25. The number of nitrogens with one attached hydrogen (secondary N) is 1. The Labute approximate surface area is 422 Å². The average molecular weight is 993 g/mol. The molecule has 0 bridgehead atoms. The maximum absolute atomic E-state index is 13.9. The normalized spacial score (nSPS) is 12.4. The number of carbonyl (C=O) groups is 1. The van der Waals surface area contributed by atoms with Gasteiger partial charge in [-0.15, -0.1) is 0 Å². The van der Waals surface area contributed by atoms with Crippen LogP contribution in [0.3, 0.4) is 0 Å². The molecule has 1 N–H and O–H groups in total.